The van der Waals surface area contributed by atoms with E-state index in [1.54, 1.807) is 0 Å². The monoisotopic (exact) mass is 258 g/mol. The maximum atomic E-state index is 11.7. The fraction of sp³-hybridized carbons (Fsp3) is 0.846. The number of hydrogen-bond donors (Lipinski definition) is 2. The highest BCUT2D eigenvalue weighted by Gasteiger charge is 2.31. The van der Waals surface area contributed by atoms with E-state index in [0.29, 0.717) is 0 Å². The van der Waals surface area contributed by atoms with Crippen molar-refractivity contribution in [3.05, 3.63) is 0 Å². The lowest BCUT2D eigenvalue weighted by molar-refractivity contribution is -0.126. The van der Waals surface area contributed by atoms with E-state index in [2.05, 4.69) is 30.8 Å². The first-order chi connectivity index (χ1) is 8.14. The van der Waals surface area contributed by atoms with Gasteiger partial charge in [0.25, 0.3) is 5.91 Å². The second kappa shape index (κ2) is 6.61. The summed E-state index contributed by atoms with van der Waals surface area (Å²) in [6.07, 6.45) is 1.79. The molecule has 0 spiro atoms. The highest BCUT2D eigenvalue weighted by Crippen LogP contribution is 2.32. The van der Waals surface area contributed by atoms with Crippen LogP contribution in [0.25, 0.3) is 0 Å². The lowest BCUT2D eigenvalue weighted by atomic mass is 9.76. The van der Waals surface area contributed by atoms with Gasteiger partial charge in [-0.1, -0.05) is 34.1 Å². The molecule has 0 radical (unpaired) electrons. The lowest BCUT2D eigenvalue weighted by Gasteiger charge is -2.37. The first kappa shape index (κ1) is 16.7. The normalized spacial score (nSPS) is 14.7. The number of nitrogens with two attached hydrogens (primary N) is 1. The molecule has 106 valence electrons. The van der Waals surface area contributed by atoms with Crippen LogP contribution in [0.4, 0.5) is 4.79 Å². The highest BCUT2D eigenvalue weighted by atomic mass is 16.5. The zero-order chi connectivity index (χ0) is 14.4. The zero-order valence-corrected chi connectivity index (χ0v) is 12.1. The molecule has 3 N–H and O–H groups in total. The molecule has 0 fully saturated rings. The SMILES string of the molecule is CCC(C)(C)CC(C)(CC)NC(=O)COC(N)=O. The summed E-state index contributed by atoms with van der Waals surface area (Å²) in [7, 11) is 0. The van der Waals surface area contributed by atoms with Crippen molar-refractivity contribution in [2.75, 3.05) is 6.61 Å². The molecule has 0 aliphatic carbocycles. The number of nitrogens with one attached hydrogen (secondary N) is 1. The first-order valence-corrected chi connectivity index (χ1v) is 6.37. The van der Waals surface area contributed by atoms with Crippen molar-refractivity contribution < 1.29 is 14.3 Å². The van der Waals surface area contributed by atoms with E-state index in [0.717, 1.165) is 19.3 Å². The molecule has 1 atom stereocenters. The van der Waals surface area contributed by atoms with Gasteiger partial charge in [-0.05, 0) is 25.2 Å². The number of primary amides is 1. The molecule has 5 nitrogen and oxygen atoms in total. The predicted molar refractivity (Wildman–Crippen MR) is 71.1 cm³/mol. The Morgan fingerprint density at radius 3 is 2.11 bits per heavy atom. The van der Waals surface area contributed by atoms with Crippen molar-refractivity contribution in [2.24, 2.45) is 11.1 Å². The van der Waals surface area contributed by atoms with Gasteiger partial charge in [-0.15, -0.1) is 0 Å². The Kier molecular flexibility index (Phi) is 6.15. The van der Waals surface area contributed by atoms with Crippen molar-refractivity contribution in [2.45, 2.75) is 59.4 Å². The van der Waals surface area contributed by atoms with Crippen molar-refractivity contribution >= 4 is 12.0 Å². The third kappa shape index (κ3) is 6.47. The summed E-state index contributed by atoms with van der Waals surface area (Å²) in [5.74, 6) is -0.315. The molecular formula is C13H26N2O3. The smallest absolute Gasteiger partial charge is 0.405 e. The Labute approximate surface area is 109 Å². The zero-order valence-electron chi connectivity index (χ0n) is 12.1. The van der Waals surface area contributed by atoms with Gasteiger partial charge in [-0.3, -0.25) is 4.79 Å². The molecule has 0 aliphatic rings. The van der Waals surface area contributed by atoms with Crippen LogP contribution in [0, 0.1) is 5.41 Å². The second-order valence-electron chi connectivity index (χ2n) is 5.76. The molecule has 0 heterocycles. The average Bonchev–Trinajstić information content (AvgIpc) is 2.25. The summed E-state index contributed by atoms with van der Waals surface area (Å²) in [6.45, 7) is 10.2. The number of rotatable bonds is 7. The number of amides is 2. The van der Waals surface area contributed by atoms with E-state index in [4.69, 9.17) is 5.73 Å². The quantitative estimate of drug-likeness (QED) is 0.734. The van der Waals surface area contributed by atoms with Gasteiger partial charge in [0.1, 0.15) is 0 Å². The molecule has 0 bridgehead atoms. The summed E-state index contributed by atoms with van der Waals surface area (Å²) in [6, 6.07) is 0. The van der Waals surface area contributed by atoms with Crippen LogP contribution in [-0.2, 0) is 9.53 Å². The van der Waals surface area contributed by atoms with Crippen molar-refractivity contribution in [1.29, 1.82) is 0 Å². The van der Waals surface area contributed by atoms with Gasteiger partial charge in [-0.25, -0.2) is 4.79 Å². The van der Waals surface area contributed by atoms with Gasteiger partial charge >= 0.3 is 6.09 Å². The lowest BCUT2D eigenvalue weighted by Crippen LogP contribution is -2.49. The number of carbonyl (C=O) groups is 2. The second-order valence-corrected chi connectivity index (χ2v) is 5.76. The molecule has 1 unspecified atom stereocenters. The Morgan fingerprint density at radius 1 is 1.17 bits per heavy atom. The summed E-state index contributed by atoms with van der Waals surface area (Å²) in [5.41, 5.74) is 4.68. The summed E-state index contributed by atoms with van der Waals surface area (Å²) in [5, 5.41) is 2.92. The van der Waals surface area contributed by atoms with Crippen molar-refractivity contribution in [1.82, 2.24) is 5.32 Å². The standard InChI is InChI=1S/C13H26N2O3/c1-6-12(3,4)9-13(5,7-2)15-10(16)8-18-11(14)17/h6-9H2,1-5H3,(H2,14,17)(H,15,16). The average molecular weight is 258 g/mol. The predicted octanol–water partition coefficient (Wildman–Crippen LogP) is 2.19. The molecular weight excluding hydrogens is 232 g/mol. The minimum absolute atomic E-state index is 0.155. The Bertz CT molecular complexity index is 303. The van der Waals surface area contributed by atoms with Crippen LogP contribution in [0.2, 0.25) is 0 Å². The van der Waals surface area contributed by atoms with E-state index >= 15 is 0 Å². The van der Waals surface area contributed by atoms with Gasteiger partial charge < -0.3 is 15.8 Å². The minimum atomic E-state index is -0.933. The molecule has 0 aromatic rings. The molecule has 0 aromatic carbocycles. The van der Waals surface area contributed by atoms with Crippen molar-refractivity contribution in [3.63, 3.8) is 0 Å². The number of carbonyl (C=O) groups excluding carboxylic acids is 2. The first-order valence-electron chi connectivity index (χ1n) is 6.37. The van der Waals surface area contributed by atoms with Crippen molar-refractivity contribution in [3.8, 4) is 0 Å². The maximum absolute atomic E-state index is 11.7. The Morgan fingerprint density at radius 2 is 1.72 bits per heavy atom. The van der Waals surface area contributed by atoms with E-state index < -0.39 is 6.09 Å². The molecule has 0 aromatic heterocycles. The van der Waals surface area contributed by atoms with Gasteiger partial charge in [0.2, 0.25) is 0 Å². The summed E-state index contributed by atoms with van der Waals surface area (Å²) in [4.78, 5) is 22.1. The van der Waals surface area contributed by atoms with Crippen LogP contribution in [0.1, 0.15) is 53.9 Å². The van der Waals surface area contributed by atoms with Gasteiger partial charge in [0, 0.05) is 5.54 Å². The van der Waals surface area contributed by atoms with Crippen LogP contribution in [0.3, 0.4) is 0 Å². The van der Waals surface area contributed by atoms with Gasteiger partial charge in [0.15, 0.2) is 6.61 Å². The molecule has 0 saturated carbocycles. The Hall–Kier alpha value is -1.26. The van der Waals surface area contributed by atoms with E-state index in [9.17, 15) is 9.59 Å². The fourth-order valence-electron chi connectivity index (χ4n) is 1.95. The molecule has 0 rings (SSSR count). The summed E-state index contributed by atoms with van der Waals surface area (Å²) >= 11 is 0. The van der Waals surface area contributed by atoms with E-state index in [1.165, 1.54) is 0 Å². The minimum Gasteiger partial charge on any atom is -0.440 e. The molecule has 0 aliphatic heterocycles. The molecule has 0 saturated heterocycles. The number of hydrogen-bond acceptors (Lipinski definition) is 3. The van der Waals surface area contributed by atoms with Crippen LogP contribution in [0.5, 0.6) is 0 Å². The van der Waals surface area contributed by atoms with Gasteiger partial charge in [-0.2, -0.15) is 0 Å². The van der Waals surface area contributed by atoms with Crippen LogP contribution >= 0.6 is 0 Å². The van der Waals surface area contributed by atoms with Gasteiger partial charge in [0.05, 0.1) is 0 Å². The number of ether oxygens (including phenoxy) is 1. The topological polar surface area (TPSA) is 81.4 Å². The third-order valence-electron chi connectivity index (χ3n) is 3.39. The largest absolute Gasteiger partial charge is 0.440 e. The third-order valence-corrected chi connectivity index (χ3v) is 3.39. The van der Waals surface area contributed by atoms with Crippen LogP contribution in [-0.4, -0.2) is 24.1 Å². The highest BCUT2D eigenvalue weighted by molar-refractivity contribution is 5.80. The molecule has 5 heteroatoms. The Balaban J connectivity index is 4.47. The van der Waals surface area contributed by atoms with Crippen LogP contribution in [0.15, 0.2) is 0 Å². The molecule has 18 heavy (non-hydrogen) atoms. The van der Waals surface area contributed by atoms with E-state index in [-0.39, 0.29) is 23.5 Å². The summed E-state index contributed by atoms with van der Waals surface area (Å²) < 4.78 is 4.48. The molecule has 2 amide bonds. The van der Waals surface area contributed by atoms with E-state index in [1.807, 2.05) is 13.8 Å². The fourth-order valence-corrected chi connectivity index (χ4v) is 1.95. The maximum Gasteiger partial charge on any atom is 0.405 e. The van der Waals surface area contributed by atoms with Crippen LogP contribution < -0.4 is 11.1 Å².